The first kappa shape index (κ1) is 18.5. The molecule has 0 aromatic rings. The second-order valence-corrected chi connectivity index (χ2v) is 10.9. The van der Waals surface area contributed by atoms with Gasteiger partial charge in [0.25, 0.3) is 5.92 Å². The summed E-state index contributed by atoms with van der Waals surface area (Å²) in [6.07, 6.45) is 2.68. The fraction of sp³-hybridized carbons (Fsp3) is 0.714. The van der Waals surface area contributed by atoms with Gasteiger partial charge in [0.2, 0.25) is 0 Å². The van der Waals surface area contributed by atoms with Crippen molar-refractivity contribution in [2.45, 2.75) is 57.9 Å². The number of hydrogen-bond donors (Lipinski definition) is 1. The van der Waals surface area contributed by atoms with Crippen molar-refractivity contribution in [3.63, 3.8) is 0 Å². The van der Waals surface area contributed by atoms with Gasteiger partial charge in [-0.25, -0.2) is 0 Å². The molecule has 0 bridgehead atoms. The molecule has 0 rings (SSSR count). The lowest BCUT2D eigenvalue weighted by Gasteiger charge is -2.35. The van der Waals surface area contributed by atoms with Crippen molar-refractivity contribution in [1.29, 1.82) is 0 Å². The first-order chi connectivity index (χ1) is 8.44. The third-order valence-corrected chi connectivity index (χ3v) is 7.96. The average molecular weight is 292 g/mol. The number of alkyl halides is 2. The number of aliphatic hydroxyl groups is 1. The highest BCUT2D eigenvalue weighted by Crippen LogP contribution is 2.36. The molecule has 0 aromatic heterocycles. The van der Waals surface area contributed by atoms with Crippen molar-refractivity contribution in [1.82, 2.24) is 0 Å². The Morgan fingerprint density at radius 2 is 1.79 bits per heavy atom. The van der Waals surface area contributed by atoms with Gasteiger partial charge in [-0.15, -0.1) is 0 Å². The van der Waals surface area contributed by atoms with Crippen molar-refractivity contribution < 1.29 is 18.3 Å². The summed E-state index contributed by atoms with van der Waals surface area (Å²) in [5, 5.41) is 9.29. The monoisotopic (exact) mass is 292 g/mol. The maximum Gasteiger partial charge on any atom is 0.295 e. The van der Waals surface area contributed by atoms with Crippen LogP contribution < -0.4 is 0 Å². The molecule has 0 aliphatic rings. The van der Waals surface area contributed by atoms with Gasteiger partial charge in [-0.05, 0) is 31.1 Å². The lowest BCUT2D eigenvalue weighted by molar-refractivity contribution is -0.0453. The summed E-state index contributed by atoms with van der Waals surface area (Å²) in [5.74, 6) is -3.26. The lowest BCUT2D eigenvalue weighted by Crippen LogP contribution is -2.40. The minimum Gasteiger partial charge on any atom is -0.413 e. The molecule has 0 aliphatic carbocycles. The zero-order valence-corrected chi connectivity index (χ0v) is 13.7. The number of rotatable bonds is 6. The molecule has 1 atom stereocenters. The zero-order valence-electron chi connectivity index (χ0n) is 12.7. The molecule has 0 aliphatic heterocycles. The van der Waals surface area contributed by atoms with Crippen LogP contribution in [-0.4, -0.2) is 32.1 Å². The van der Waals surface area contributed by atoms with Crippen molar-refractivity contribution in [2.24, 2.45) is 0 Å². The second-order valence-electron chi connectivity index (χ2n) is 6.12. The Balaban J connectivity index is 4.46. The molecule has 1 unspecified atom stereocenters. The predicted molar refractivity (Wildman–Crippen MR) is 78.1 cm³/mol. The van der Waals surface area contributed by atoms with Gasteiger partial charge in [-0.2, -0.15) is 8.78 Å². The van der Waals surface area contributed by atoms with E-state index in [-0.39, 0.29) is 11.6 Å². The third-order valence-electron chi connectivity index (χ3n) is 3.46. The molecular weight excluding hydrogens is 266 g/mol. The molecule has 5 heteroatoms. The summed E-state index contributed by atoms with van der Waals surface area (Å²) in [5.41, 5.74) is 0. The van der Waals surface area contributed by atoms with E-state index < -0.39 is 20.3 Å². The molecule has 19 heavy (non-hydrogen) atoms. The molecule has 112 valence electrons. The molecular formula is C14H26F2O2Si. The number of hydrogen-bond acceptors (Lipinski definition) is 2. The quantitative estimate of drug-likeness (QED) is 0.589. The van der Waals surface area contributed by atoms with Gasteiger partial charge in [0.05, 0.1) is 6.61 Å². The van der Waals surface area contributed by atoms with Crippen LogP contribution >= 0.6 is 0 Å². The molecule has 0 spiro atoms. The Bertz CT molecular complexity index is 331. The van der Waals surface area contributed by atoms with Crippen LogP contribution in [0.4, 0.5) is 8.78 Å². The number of halogens is 2. The molecule has 0 saturated heterocycles. The first-order valence-corrected chi connectivity index (χ1v) is 9.35. The maximum atomic E-state index is 13.4. The average Bonchev–Trinajstić information content (AvgIpc) is 2.23. The molecule has 0 saturated carbocycles. The van der Waals surface area contributed by atoms with Crippen molar-refractivity contribution in [3.8, 4) is 0 Å². The van der Waals surface area contributed by atoms with Crippen LogP contribution in [0.5, 0.6) is 0 Å². The molecule has 0 fully saturated rings. The van der Waals surface area contributed by atoms with E-state index >= 15 is 0 Å². The number of allylic oxidation sites excluding steroid dienone is 1. The Morgan fingerprint density at radius 1 is 1.26 bits per heavy atom. The largest absolute Gasteiger partial charge is 0.413 e. The highest BCUT2D eigenvalue weighted by molar-refractivity contribution is 6.74. The molecule has 0 radical (unpaired) electrons. The minimum absolute atomic E-state index is 0.0494. The van der Waals surface area contributed by atoms with Gasteiger partial charge < -0.3 is 9.53 Å². The van der Waals surface area contributed by atoms with E-state index in [1.54, 1.807) is 6.92 Å². The third kappa shape index (κ3) is 5.97. The van der Waals surface area contributed by atoms with E-state index in [0.29, 0.717) is 6.08 Å². The molecule has 2 nitrogen and oxygen atoms in total. The highest BCUT2D eigenvalue weighted by Gasteiger charge is 2.37. The van der Waals surface area contributed by atoms with Crippen LogP contribution in [0.3, 0.4) is 0 Å². The molecule has 1 N–H and O–H groups in total. The lowest BCUT2D eigenvalue weighted by atomic mass is 10.1. The smallest absolute Gasteiger partial charge is 0.295 e. The fourth-order valence-corrected chi connectivity index (χ4v) is 2.03. The van der Waals surface area contributed by atoms with Crippen LogP contribution in [0, 0.1) is 0 Å². The Kier molecular flexibility index (Phi) is 6.58. The van der Waals surface area contributed by atoms with Crippen molar-refractivity contribution in [3.05, 3.63) is 24.3 Å². The van der Waals surface area contributed by atoms with Gasteiger partial charge in [0.1, 0.15) is 6.10 Å². The van der Waals surface area contributed by atoms with E-state index in [2.05, 4.69) is 33.9 Å². The summed E-state index contributed by atoms with van der Waals surface area (Å²) < 4.78 is 32.6. The minimum atomic E-state index is -3.26. The Morgan fingerprint density at radius 3 is 2.21 bits per heavy atom. The van der Waals surface area contributed by atoms with E-state index in [0.717, 1.165) is 6.08 Å². The first-order valence-electron chi connectivity index (χ1n) is 6.44. The summed E-state index contributed by atoms with van der Waals surface area (Å²) in [7, 11) is -1.92. The van der Waals surface area contributed by atoms with E-state index in [4.69, 9.17) is 4.43 Å². The van der Waals surface area contributed by atoms with E-state index in [9.17, 15) is 13.9 Å². The summed E-state index contributed by atoms with van der Waals surface area (Å²) >= 11 is 0. The molecule has 0 aromatic carbocycles. The summed E-state index contributed by atoms with van der Waals surface area (Å²) in [6, 6.07) is 0. The van der Waals surface area contributed by atoms with Crippen LogP contribution in [0.15, 0.2) is 24.3 Å². The van der Waals surface area contributed by atoms with Gasteiger partial charge >= 0.3 is 0 Å². The van der Waals surface area contributed by atoms with Crippen LogP contribution in [-0.2, 0) is 4.43 Å². The van der Waals surface area contributed by atoms with E-state index in [1.807, 2.05) is 0 Å². The topological polar surface area (TPSA) is 29.5 Å². The van der Waals surface area contributed by atoms with E-state index in [1.165, 1.54) is 12.2 Å². The highest BCUT2D eigenvalue weighted by atomic mass is 28.4. The Labute approximate surface area is 116 Å². The predicted octanol–water partition coefficient (Wildman–Crippen LogP) is 4.14. The van der Waals surface area contributed by atoms with Crippen LogP contribution in [0.2, 0.25) is 18.1 Å². The number of aliphatic hydroxyl groups excluding tert-OH is 1. The Hall–Kier alpha value is -0.523. The molecule has 0 amide bonds. The summed E-state index contributed by atoms with van der Waals surface area (Å²) in [4.78, 5) is 0. The van der Waals surface area contributed by atoms with Crippen molar-refractivity contribution >= 4 is 8.32 Å². The second kappa shape index (κ2) is 6.77. The zero-order chi connectivity index (χ0) is 15.3. The molecule has 0 heterocycles. The van der Waals surface area contributed by atoms with Gasteiger partial charge in [0, 0.05) is 0 Å². The fourth-order valence-electron chi connectivity index (χ4n) is 1.09. The van der Waals surface area contributed by atoms with Crippen LogP contribution in [0.25, 0.3) is 0 Å². The SMILES string of the molecule is C/C=C/C(O)C(F)(F)/C=C\CO[Si](C)(C)C(C)(C)C. The maximum absolute atomic E-state index is 13.4. The normalized spacial score (nSPS) is 16.5. The van der Waals surface area contributed by atoms with Gasteiger partial charge in [-0.3, -0.25) is 0 Å². The summed E-state index contributed by atoms with van der Waals surface area (Å²) in [6.45, 7) is 12.1. The van der Waals surface area contributed by atoms with Crippen molar-refractivity contribution in [2.75, 3.05) is 6.61 Å². The van der Waals surface area contributed by atoms with Gasteiger partial charge in [0.15, 0.2) is 8.32 Å². The van der Waals surface area contributed by atoms with Crippen LogP contribution in [0.1, 0.15) is 27.7 Å². The van der Waals surface area contributed by atoms with Gasteiger partial charge in [-0.1, -0.05) is 39.0 Å². The standard InChI is InChI=1S/C14H26F2O2Si/c1-7-9-12(17)14(15,16)10-8-11-18-19(5,6)13(2,3)4/h7-10,12,17H,11H2,1-6H3/b9-7+,10-8-.